The number of nitrogens with one attached hydrogen (secondary N) is 1. The van der Waals surface area contributed by atoms with Gasteiger partial charge >= 0.3 is 0 Å². The fraction of sp³-hybridized carbons (Fsp3) is 0.875. The maximum Gasteiger partial charge on any atom is 0.0968 e. The summed E-state index contributed by atoms with van der Waals surface area (Å²) in [6.45, 7) is 3.55. The van der Waals surface area contributed by atoms with Crippen LogP contribution in [-0.4, -0.2) is 30.1 Å². The monoisotopic (exact) mass is 378 g/mol. The lowest BCUT2D eigenvalue weighted by Gasteiger charge is -2.05. The van der Waals surface area contributed by atoms with Gasteiger partial charge in [-0.2, -0.15) is 0 Å². The highest BCUT2D eigenvalue weighted by Crippen LogP contribution is 2.14. The standard InChI is InChI=1S/C24H46N2O/c1-2-3-4-5-6-7-8-9-10-11-12-13-14-15-16-17-19-23-22-25-24(26-23)20-18-21-27/h9-10,23,27H,2-8,11-22H2,1H3,(H,25,26)/b10-9-. The average Bonchev–Trinajstić information content (AvgIpc) is 3.13. The molecule has 3 nitrogen and oxygen atoms in total. The lowest BCUT2D eigenvalue weighted by atomic mass is 10.1. The van der Waals surface area contributed by atoms with E-state index in [1.54, 1.807) is 0 Å². The summed E-state index contributed by atoms with van der Waals surface area (Å²) >= 11 is 0. The van der Waals surface area contributed by atoms with E-state index in [1.807, 2.05) is 0 Å². The Hall–Kier alpha value is -0.830. The third-order valence-corrected chi connectivity index (χ3v) is 5.50. The number of rotatable bonds is 19. The van der Waals surface area contributed by atoms with Gasteiger partial charge in [0.25, 0.3) is 0 Å². The molecule has 0 aromatic rings. The molecule has 1 heterocycles. The van der Waals surface area contributed by atoms with Crippen LogP contribution in [0.3, 0.4) is 0 Å². The van der Waals surface area contributed by atoms with Gasteiger partial charge in [0.05, 0.1) is 11.9 Å². The molecule has 1 atom stereocenters. The van der Waals surface area contributed by atoms with Gasteiger partial charge in [-0.1, -0.05) is 83.3 Å². The predicted octanol–water partition coefficient (Wildman–Crippen LogP) is 6.56. The van der Waals surface area contributed by atoms with Crippen molar-refractivity contribution < 1.29 is 5.11 Å². The fourth-order valence-corrected chi connectivity index (χ4v) is 3.74. The van der Waals surface area contributed by atoms with Gasteiger partial charge in [0.2, 0.25) is 0 Å². The van der Waals surface area contributed by atoms with Crippen LogP contribution in [-0.2, 0) is 0 Å². The molecule has 0 bridgehead atoms. The Kier molecular flexibility index (Phi) is 16.6. The molecule has 1 aliphatic heterocycles. The second-order valence-corrected chi connectivity index (χ2v) is 8.16. The van der Waals surface area contributed by atoms with Crippen LogP contribution in [0, 0.1) is 0 Å². The fourth-order valence-electron chi connectivity index (χ4n) is 3.74. The quantitative estimate of drug-likeness (QED) is 0.197. The van der Waals surface area contributed by atoms with E-state index < -0.39 is 0 Å². The molecule has 1 unspecified atom stereocenters. The molecule has 0 aliphatic carbocycles. The van der Waals surface area contributed by atoms with Crippen molar-refractivity contribution in [1.82, 2.24) is 5.32 Å². The number of hydrogen-bond acceptors (Lipinski definition) is 3. The normalized spacial score (nSPS) is 16.8. The lowest BCUT2D eigenvalue weighted by Crippen LogP contribution is -2.21. The van der Waals surface area contributed by atoms with Crippen LogP contribution in [0.2, 0.25) is 0 Å². The van der Waals surface area contributed by atoms with E-state index in [9.17, 15) is 0 Å². The molecular formula is C24H46N2O. The Balaban J connectivity index is 1.79. The predicted molar refractivity (Wildman–Crippen MR) is 120 cm³/mol. The number of allylic oxidation sites excluding steroid dienone is 2. The second-order valence-electron chi connectivity index (χ2n) is 8.16. The highest BCUT2D eigenvalue weighted by Gasteiger charge is 2.15. The van der Waals surface area contributed by atoms with E-state index in [0.717, 1.165) is 25.2 Å². The molecule has 3 heteroatoms. The SMILES string of the molecule is CCCCCCCC/C=C\CCCCCCCCC1CNC(CCCO)=N1. The highest BCUT2D eigenvalue weighted by molar-refractivity contribution is 5.83. The molecular weight excluding hydrogens is 332 g/mol. The molecule has 158 valence electrons. The number of nitrogens with zero attached hydrogens (tertiary/aromatic N) is 1. The minimum absolute atomic E-state index is 0.264. The van der Waals surface area contributed by atoms with Crippen molar-refractivity contribution >= 4 is 5.84 Å². The molecule has 2 N–H and O–H groups in total. The Labute approximate surface area is 169 Å². The van der Waals surface area contributed by atoms with Crippen LogP contribution >= 0.6 is 0 Å². The summed E-state index contributed by atoms with van der Waals surface area (Å²) < 4.78 is 0. The molecule has 0 saturated carbocycles. The van der Waals surface area contributed by atoms with Crippen LogP contribution < -0.4 is 5.32 Å². The van der Waals surface area contributed by atoms with Crippen molar-refractivity contribution in [2.75, 3.05) is 13.2 Å². The van der Waals surface area contributed by atoms with E-state index in [0.29, 0.717) is 6.04 Å². The van der Waals surface area contributed by atoms with Gasteiger partial charge in [0, 0.05) is 19.6 Å². The van der Waals surface area contributed by atoms with E-state index in [-0.39, 0.29) is 6.61 Å². The third kappa shape index (κ3) is 14.8. The van der Waals surface area contributed by atoms with Crippen molar-refractivity contribution in [2.45, 2.75) is 122 Å². The maximum absolute atomic E-state index is 8.87. The van der Waals surface area contributed by atoms with E-state index in [4.69, 9.17) is 10.1 Å². The molecule has 0 radical (unpaired) electrons. The molecule has 0 aromatic heterocycles. The molecule has 0 spiro atoms. The number of aliphatic hydroxyl groups excluding tert-OH is 1. The first-order chi connectivity index (χ1) is 13.4. The van der Waals surface area contributed by atoms with Crippen LogP contribution in [0.5, 0.6) is 0 Å². The first-order valence-corrected chi connectivity index (χ1v) is 11.9. The number of aliphatic hydroxyl groups is 1. The molecule has 1 aliphatic rings. The molecule has 0 fully saturated rings. The summed E-state index contributed by atoms with van der Waals surface area (Å²) in [5.41, 5.74) is 0. The molecule has 1 rings (SSSR count). The lowest BCUT2D eigenvalue weighted by molar-refractivity contribution is 0.291. The summed E-state index contributed by atoms with van der Waals surface area (Å²) in [6.07, 6.45) is 26.9. The van der Waals surface area contributed by atoms with E-state index in [1.165, 1.54) is 96.3 Å². The van der Waals surface area contributed by atoms with Gasteiger partial charge in [-0.15, -0.1) is 0 Å². The van der Waals surface area contributed by atoms with Crippen LogP contribution in [0.1, 0.15) is 116 Å². The topological polar surface area (TPSA) is 44.6 Å². The van der Waals surface area contributed by atoms with Crippen molar-refractivity contribution in [1.29, 1.82) is 0 Å². The van der Waals surface area contributed by atoms with Gasteiger partial charge in [-0.05, 0) is 38.5 Å². The van der Waals surface area contributed by atoms with Crippen LogP contribution in [0.25, 0.3) is 0 Å². The van der Waals surface area contributed by atoms with Crippen LogP contribution in [0.4, 0.5) is 0 Å². The number of hydrogen-bond donors (Lipinski definition) is 2. The number of unbranched alkanes of at least 4 members (excludes halogenated alkanes) is 12. The largest absolute Gasteiger partial charge is 0.396 e. The minimum atomic E-state index is 0.264. The van der Waals surface area contributed by atoms with Gasteiger partial charge < -0.3 is 10.4 Å². The van der Waals surface area contributed by atoms with Crippen molar-refractivity contribution in [3.8, 4) is 0 Å². The van der Waals surface area contributed by atoms with E-state index in [2.05, 4.69) is 24.4 Å². The van der Waals surface area contributed by atoms with Gasteiger partial charge in [-0.25, -0.2) is 0 Å². The summed E-state index contributed by atoms with van der Waals surface area (Å²) in [7, 11) is 0. The Morgan fingerprint density at radius 3 is 2.07 bits per heavy atom. The van der Waals surface area contributed by atoms with Crippen LogP contribution in [0.15, 0.2) is 17.1 Å². The Morgan fingerprint density at radius 2 is 1.44 bits per heavy atom. The van der Waals surface area contributed by atoms with Gasteiger partial charge in [0.1, 0.15) is 0 Å². The molecule has 0 saturated heterocycles. The summed E-state index contributed by atoms with van der Waals surface area (Å²) in [4.78, 5) is 4.72. The third-order valence-electron chi connectivity index (χ3n) is 5.50. The first kappa shape index (κ1) is 24.2. The van der Waals surface area contributed by atoms with Gasteiger partial charge in [0.15, 0.2) is 0 Å². The number of amidine groups is 1. The summed E-state index contributed by atoms with van der Waals surface area (Å²) in [5.74, 6) is 1.11. The molecule has 0 amide bonds. The summed E-state index contributed by atoms with van der Waals surface area (Å²) in [6, 6.07) is 0.482. The zero-order valence-corrected chi connectivity index (χ0v) is 18.1. The maximum atomic E-state index is 8.87. The molecule has 0 aromatic carbocycles. The van der Waals surface area contributed by atoms with Crippen molar-refractivity contribution in [3.63, 3.8) is 0 Å². The minimum Gasteiger partial charge on any atom is -0.396 e. The Morgan fingerprint density at radius 1 is 0.852 bits per heavy atom. The van der Waals surface area contributed by atoms with Crippen molar-refractivity contribution in [2.24, 2.45) is 4.99 Å². The Bertz CT molecular complexity index is 379. The first-order valence-electron chi connectivity index (χ1n) is 11.9. The zero-order valence-electron chi connectivity index (χ0n) is 18.1. The molecule has 27 heavy (non-hydrogen) atoms. The summed E-state index contributed by atoms with van der Waals surface area (Å²) in [5, 5.41) is 12.2. The van der Waals surface area contributed by atoms with E-state index >= 15 is 0 Å². The second kappa shape index (κ2) is 18.5. The van der Waals surface area contributed by atoms with Crippen molar-refractivity contribution in [3.05, 3.63) is 12.2 Å². The number of aliphatic imine (C=N–C) groups is 1. The highest BCUT2D eigenvalue weighted by atomic mass is 16.2. The average molecular weight is 379 g/mol. The van der Waals surface area contributed by atoms with Gasteiger partial charge in [-0.3, -0.25) is 4.99 Å². The zero-order chi connectivity index (χ0) is 19.4. The smallest absolute Gasteiger partial charge is 0.0968 e.